The number of pyridine rings is 1. The van der Waals surface area contributed by atoms with Gasteiger partial charge in [0.15, 0.2) is 5.57 Å². The predicted molar refractivity (Wildman–Crippen MR) is 145 cm³/mol. The van der Waals surface area contributed by atoms with Crippen molar-refractivity contribution in [3.8, 4) is 6.07 Å². The molecule has 40 heavy (non-hydrogen) atoms. The molecule has 0 spiro atoms. The van der Waals surface area contributed by atoms with E-state index in [2.05, 4.69) is 15.6 Å². The summed E-state index contributed by atoms with van der Waals surface area (Å²) in [4.78, 5) is 44.1. The van der Waals surface area contributed by atoms with E-state index in [-0.39, 0.29) is 34.0 Å². The van der Waals surface area contributed by atoms with Gasteiger partial charge in [-0.25, -0.2) is 4.98 Å². The average Bonchev–Trinajstić information content (AvgIpc) is 3.46. The predicted octanol–water partition coefficient (Wildman–Crippen LogP) is 1.53. The Morgan fingerprint density at radius 3 is 2.65 bits per heavy atom. The minimum atomic E-state index is -4.65. The zero-order chi connectivity index (χ0) is 28.9. The molecule has 0 bridgehead atoms. The number of carbonyl (C=O) groups excluding carboxylic acids is 2. The number of hydrogen-bond donors (Lipinski definition) is 3. The van der Waals surface area contributed by atoms with Crippen molar-refractivity contribution in [3.05, 3.63) is 67.6 Å². The van der Waals surface area contributed by atoms with Crippen LogP contribution in [0.2, 0.25) is 0 Å². The van der Waals surface area contributed by atoms with Crippen LogP contribution in [0, 0.1) is 11.3 Å². The minimum absolute atomic E-state index is 0.0693. The summed E-state index contributed by atoms with van der Waals surface area (Å²) >= 11 is 0.779. The third kappa shape index (κ3) is 6.67. The number of carbonyl (C=O) groups is 2. The Morgan fingerprint density at radius 2 is 1.93 bits per heavy atom. The van der Waals surface area contributed by atoms with E-state index in [0.29, 0.717) is 5.82 Å². The molecule has 14 heteroatoms. The van der Waals surface area contributed by atoms with Gasteiger partial charge in [-0.05, 0) is 37.1 Å². The number of benzene rings is 1. The molecular formula is C26H24F3N7O3S. The van der Waals surface area contributed by atoms with Gasteiger partial charge in [0.2, 0.25) is 5.91 Å². The molecule has 2 amide bonds. The first-order valence-electron chi connectivity index (χ1n) is 12.1. The molecule has 0 fully saturated rings. The number of anilines is 3. The molecule has 4 rings (SSSR count). The van der Waals surface area contributed by atoms with Gasteiger partial charge < -0.3 is 20.9 Å². The number of thiazole rings is 1. The SMILES string of the molecule is CCn1c(=O)/c(=C\Nc2cccc(NC(=O)CN3CCc4ccccc43)n2)s/c1=C(/C#N)C(=O)NCC(F)(F)F. The van der Waals surface area contributed by atoms with Crippen LogP contribution in [0.4, 0.5) is 30.5 Å². The number of hydrogen-bond acceptors (Lipinski definition) is 8. The van der Waals surface area contributed by atoms with Crippen molar-refractivity contribution in [1.29, 1.82) is 5.26 Å². The Hall–Kier alpha value is -4.64. The summed E-state index contributed by atoms with van der Waals surface area (Å²) in [5.74, 6) is -0.892. The van der Waals surface area contributed by atoms with Crippen molar-refractivity contribution in [2.24, 2.45) is 0 Å². The molecule has 1 aliphatic heterocycles. The monoisotopic (exact) mass is 571 g/mol. The highest BCUT2D eigenvalue weighted by Crippen LogP contribution is 2.27. The van der Waals surface area contributed by atoms with Crippen LogP contribution in [-0.4, -0.2) is 47.2 Å². The smallest absolute Gasteiger partial charge is 0.362 e. The number of nitrogens with zero attached hydrogens (tertiary/aromatic N) is 4. The van der Waals surface area contributed by atoms with Gasteiger partial charge in [-0.15, -0.1) is 11.3 Å². The Morgan fingerprint density at radius 1 is 1.18 bits per heavy atom. The largest absolute Gasteiger partial charge is 0.405 e. The average molecular weight is 572 g/mol. The van der Waals surface area contributed by atoms with Crippen molar-refractivity contribution < 1.29 is 22.8 Å². The normalized spacial score (nSPS) is 13.9. The first-order valence-corrected chi connectivity index (χ1v) is 13.0. The van der Waals surface area contributed by atoms with Gasteiger partial charge in [0.1, 0.15) is 33.4 Å². The van der Waals surface area contributed by atoms with E-state index in [4.69, 9.17) is 0 Å². The minimum Gasteiger partial charge on any atom is -0.362 e. The Kier molecular flexibility index (Phi) is 8.54. The molecule has 0 atom stereocenters. The fourth-order valence-electron chi connectivity index (χ4n) is 4.11. The number of fused-ring (bicyclic) bond motifs is 1. The quantitative estimate of drug-likeness (QED) is 0.374. The van der Waals surface area contributed by atoms with Crippen LogP contribution < -0.4 is 35.6 Å². The summed E-state index contributed by atoms with van der Waals surface area (Å²) in [5.41, 5.74) is 1.08. The van der Waals surface area contributed by atoms with Crippen LogP contribution in [0.1, 0.15) is 12.5 Å². The second-order valence-corrected chi connectivity index (χ2v) is 9.68. The fraction of sp³-hybridized carbons (Fsp3) is 0.269. The number of para-hydroxylation sites is 1. The molecule has 10 nitrogen and oxygen atoms in total. The second-order valence-electron chi connectivity index (χ2n) is 8.65. The number of amides is 2. The van der Waals surface area contributed by atoms with E-state index < -0.39 is 29.8 Å². The zero-order valence-corrected chi connectivity index (χ0v) is 22.0. The molecule has 2 aromatic heterocycles. The number of aromatic nitrogens is 2. The molecule has 0 radical (unpaired) electrons. The zero-order valence-electron chi connectivity index (χ0n) is 21.2. The van der Waals surface area contributed by atoms with Crippen LogP contribution in [0.5, 0.6) is 0 Å². The molecule has 3 heterocycles. The van der Waals surface area contributed by atoms with Gasteiger partial charge in [0, 0.05) is 25.0 Å². The van der Waals surface area contributed by atoms with Crippen LogP contribution in [0.25, 0.3) is 11.8 Å². The van der Waals surface area contributed by atoms with Crippen LogP contribution in [0.3, 0.4) is 0 Å². The maximum atomic E-state index is 12.9. The molecule has 3 aromatic rings. The van der Waals surface area contributed by atoms with Gasteiger partial charge in [-0.2, -0.15) is 18.4 Å². The highest BCUT2D eigenvalue weighted by atomic mass is 32.1. The molecule has 1 aliphatic rings. The summed E-state index contributed by atoms with van der Waals surface area (Å²) in [6, 6.07) is 14.4. The Bertz CT molecular complexity index is 1660. The van der Waals surface area contributed by atoms with Crippen LogP contribution >= 0.6 is 11.3 Å². The molecule has 1 aromatic carbocycles. The van der Waals surface area contributed by atoms with E-state index in [1.165, 1.54) is 11.8 Å². The van der Waals surface area contributed by atoms with E-state index in [0.717, 1.165) is 34.6 Å². The van der Waals surface area contributed by atoms with Crippen molar-refractivity contribution in [3.63, 3.8) is 0 Å². The summed E-state index contributed by atoms with van der Waals surface area (Å²) in [5, 5.41) is 16.7. The Balaban J connectivity index is 1.50. The first kappa shape index (κ1) is 28.4. The molecule has 0 saturated heterocycles. The van der Waals surface area contributed by atoms with Gasteiger partial charge in [-0.3, -0.25) is 19.0 Å². The number of rotatable bonds is 8. The topological polar surface area (TPSA) is 132 Å². The lowest BCUT2D eigenvalue weighted by Crippen LogP contribution is -2.37. The molecule has 0 unspecified atom stereocenters. The lowest BCUT2D eigenvalue weighted by molar-refractivity contribution is -0.135. The summed E-state index contributed by atoms with van der Waals surface area (Å²) in [6.45, 7) is 0.974. The summed E-state index contributed by atoms with van der Waals surface area (Å²) in [6.07, 6.45) is -2.47. The number of nitrogens with one attached hydrogen (secondary N) is 3. The van der Waals surface area contributed by atoms with Gasteiger partial charge >= 0.3 is 6.18 Å². The van der Waals surface area contributed by atoms with Crippen molar-refractivity contribution in [2.75, 3.05) is 35.2 Å². The first-order chi connectivity index (χ1) is 19.1. The maximum Gasteiger partial charge on any atom is 0.405 e. The van der Waals surface area contributed by atoms with E-state index in [1.807, 2.05) is 29.2 Å². The van der Waals surface area contributed by atoms with Crippen LogP contribution in [-0.2, 0) is 22.6 Å². The van der Waals surface area contributed by atoms with Gasteiger partial charge in [-0.1, -0.05) is 24.3 Å². The van der Waals surface area contributed by atoms with E-state index in [1.54, 1.807) is 36.5 Å². The summed E-state index contributed by atoms with van der Waals surface area (Å²) < 4.78 is 38.7. The lowest BCUT2D eigenvalue weighted by Gasteiger charge is -2.18. The number of alkyl halides is 3. The fourth-order valence-corrected chi connectivity index (χ4v) is 5.19. The van der Waals surface area contributed by atoms with Crippen molar-refractivity contribution in [1.82, 2.24) is 14.9 Å². The number of halogens is 3. The molecular weight excluding hydrogens is 547 g/mol. The maximum absolute atomic E-state index is 12.9. The molecule has 3 N–H and O–H groups in total. The Labute approximate surface area is 230 Å². The van der Waals surface area contributed by atoms with Crippen molar-refractivity contribution >= 4 is 52.2 Å². The second kappa shape index (κ2) is 12.0. The third-order valence-electron chi connectivity index (χ3n) is 5.91. The van der Waals surface area contributed by atoms with Crippen LogP contribution in [0.15, 0.2) is 47.3 Å². The van der Waals surface area contributed by atoms with E-state index in [9.17, 15) is 32.8 Å². The third-order valence-corrected chi connectivity index (χ3v) is 7.04. The van der Waals surface area contributed by atoms with Crippen molar-refractivity contribution in [2.45, 2.75) is 26.1 Å². The standard InChI is InChI=1S/C26H24F3N7O3S/c1-2-36-24(39)19(40-25(36)17(12-30)23(38)32-15-26(27,28)29)13-31-20-8-5-9-21(33-20)34-22(37)14-35-11-10-16-6-3-4-7-18(16)35/h3-9,13H,2,10-11,14-15H2,1H3,(H,32,38)(H2,31,33,34,37)/b19-13+,25-17-. The summed E-state index contributed by atoms with van der Waals surface area (Å²) in [7, 11) is 0. The number of nitriles is 1. The molecule has 0 saturated carbocycles. The highest BCUT2D eigenvalue weighted by molar-refractivity contribution is 7.07. The van der Waals surface area contributed by atoms with Gasteiger partial charge in [0.05, 0.1) is 6.54 Å². The van der Waals surface area contributed by atoms with E-state index >= 15 is 0 Å². The lowest BCUT2D eigenvalue weighted by atomic mass is 10.2. The highest BCUT2D eigenvalue weighted by Gasteiger charge is 2.29. The molecule has 0 aliphatic carbocycles. The molecule has 208 valence electrons. The van der Waals surface area contributed by atoms with Gasteiger partial charge in [0.25, 0.3) is 11.5 Å².